The van der Waals surface area contributed by atoms with E-state index in [1.807, 2.05) is 65.5 Å². The lowest BCUT2D eigenvalue weighted by molar-refractivity contribution is 0.0935. The van der Waals surface area contributed by atoms with E-state index in [0.29, 0.717) is 0 Å². The van der Waals surface area contributed by atoms with Gasteiger partial charge in [0.25, 0.3) is 0 Å². The Kier molecular flexibility index (Phi) is 3.48. The van der Waals surface area contributed by atoms with Gasteiger partial charge in [-0.2, -0.15) is 0 Å². The average molecular weight is 282 g/mol. The third-order valence-corrected chi connectivity index (χ3v) is 4.13. The molecule has 0 saturated carbocycles. The predicted molar refractivity (Wildman–Crippen MR) is 81.0 cm³/mol. The Balaban J connectivity index is 1.94. The maximum atomic E-state index is 12.5. The summed E-state index contributed by atoms with van der Waals surface area (Å²) in [6, 6.07) is 13.1. The van der Waals surface area contributed by atoms with Crippen LogP contribution in [-0.4, -0.2) is 15.3 Å². The lowest BCUT2D eigenvalue weighted by Gasteiger charge is -2.14. The number of hydrogen-bond acceptors (Lipinski definition) is 3. The van der Waals surface area contributed by atoms with E-state index in [1.165, 1.54) is 0 Å². The van der Waals surface area contributed by atoms with Gasteiger partial charge < -0.3 is 4.57 Å². The van der Waals surface area contributed by atoms with Gasteiger partial charge in [-0.15, -0.1) is 11.3 Å². The number of thiophene rings is 1. The summed E-state index contributed by atoms with van der Waals surface area (Å²) in [7, 11) is 0. The SMILES string of the molecule is CC(C(=O)c1ccccc1)n1ccnc1-c1cccs1. The molecule has 1 unspecified atom stereocenters. The molecule has 1 atom stereocenters. The molecule has 0 aliphatic carbocycles. The molecule has 3 nitrogen and oxygen atoms in total. The van der Waals surface area contributed by atoms with Crippen LogP contribution >= 0.6 is 11.3 Å². The quantitative estimate of drug-likeness (QED) is 0.676. The van der Waals surface area contributed by atoms with Crippen LogP contribution in [0.25, 0.3) is 10.7 Å². The summed E-state index contributed by atoms with van der Waals surface area (Å²) in [5, 5.41) is 2.01. The van der Waals surface area contributed by atoms with Crippen molar-refractivity contribution in [2.75, 3.05) is 0 Å². The molecule has 0 bridgehead atoms. The van der Waals surface area contributed by atoms with E-state index < -0.39 is 0 Å². The average Bonchev–Trinajstić information content (AvgIpc) is 3.16. The standard InChI is InChI=1S/C16H14N2OS/c1-12(15(19)13-6-3-2-4-7-13)18-10-9-17-16(18)14-8-5-11-20-14/h2-12H,1H3. The molecule has 0 saturated heterocycles. The molecule has 0 N–H and O–H groups in total. The van der Waals surface area contributed by atoms with E-state index in [0.717, 1.165) is 16.3 Å². The number of aromatic nitrogens is 2. The minimum absolute atomic E-state index is 0.0985. The van der Waals surface area contributed by atoms with Gasteiger partial charge >= 0.3 is 0 Å². The summed E-state index contributed by atoms with van der Waals surface area (Å²) < 4.78 is 1.93. The van der Waals surface area contributed by atoms with Crippen LogP contribution in [-0.2, 0) is 0 Å². The lowest BCUT2D eigenvalue weighted by Crippen LogP contribution is -2.16. The molecule has 3 rings (SSSR count). The van der Waals surface area contributed by atoms with Gasteiger partial charge in [0, 0.05) is 18.0 Å². The fourth-order valence-electron chi connectivity index (χ4n) is 2.19. The summed E-state index contributed by atoms with van der Waals surface area (Å²) in [5.41, 5.74) is 0.728. The number of nitrogens with zero attached hydrogens (tertiary/aromatic N) is 2. The second kappa shape index (κ2) is 5.43. The Hall–Kier alpha value is -2.20. The maximum Gasteiger partial charge on any atom is 0.185 e. The Bertz CT molecular complexity index is 701. The highest BCUT2D eigenvalue weighted by Crippen LogP contribution is 2.26. The van der Waals surface area contributed by atoms with Crippen molar-refractivity contribution in [2.24, 2.45) is 0 Å². The summed E-state index contributed by atoms with van der Waals surface area (Å²) in [4.78, 5) is 18.0. The third kappa shape index (κ3) is 2.30. The Morgan fingerprint density at radius 2 is 2.00 bits per heavy atom. The number of ketones is 1. The fraction of sp³-hybridized carbons (Fsp3) is 0.125. The van der Waals surface area contributed by atoms with E-state index in [-0.39, 0.29) is 11.8 Å². The zero-order valence-corrected chi connectivity index (χ0v) is 11.9. The first kappa shape index (κ1) is 12.8. The Morgan fingerprint density at radius 1 is 1.20 bits per heavy atom. The molecule has 0 radical (unpaired) electrons. The van der Waals surface area contributed by atoms with Crippen molar-refractivity contribution in [1.82, 2.24) is 9.55 Å². The smallest absolute Gasteiger partial charge is 0.185 e. The third-order valence-electron chi connectivity index (χ3n) is 3.27. The van der Waals surface area contributed by atoms with Crippen LogP contribution in [0.4, 0.5) is 0 Å². The van der Waals surface area contributed by atoms with Crippen molar-refractivity contribution in [1.29, 1.82) is 0 Å². The van der Waals surface area contributed by atoms with Crippen molar-refractivity contribution in [3.63, 3.8) is 0 Å². The number of carbonyl (C=O) groups excluding carboxylic acids is 1. The van der Waals surface area contributed by atoms with E-state index in [4.69, 9.17) is 0 Å². The van der Waals surface area contributed by atoms with Gasteiger partial charge in [-0.3, -0.25) is 4.79 Å². The normalized spacial score (nSPS) is 12.2. The number of imidazole rings is 1. The molecule has 20 heavy (non-hydrogen) atoms. The predicted octanol–water partition coefficient (Wildman–Crippen LogP) is 4.06. The van der Waals surface area contributed by atoms with E-state index in [2.05, 4.69) is 4.98 Å². The Morgan fingerprint density at radius 3 is 2.70 bits per heavy atom. The van der Waals surface area contributed by atoms with Crippen LogP contribution < -0.4 is 0 Å². The zero-order valence-electron chi connectivity index (χ0n) is 11.1. The van der Waals surface area contributed by atoms with Gasteiger partial charge in [-0.25, -0.2) is 4.98 Å². The van der Waals surface area contributed by atoms with Crippen LogP contribution in [0, 0.1) is 0 Å². The van der Waals surface area contributed by atoms with Crippen LogP contribution in [0.1, 0.15) is 23.3 Å². The topological polar surface area (TPSA) is 34.9 Å². The van der Waals surface area contributed by atoms with Crippen molar-refractivity contribution >= 4 is 17.1 Å². The molecular formula is C16H14N2OS. The van der Waals surface area contributed by atoms with Gasteiger partial charge in [0.2, 0.25) is 0 Å². The molecule has 2 aromatic heterocycles. The first-order valence-electron chi connectivity index (χ1n) is 6.43. The van der Waals surface area contributed by atoms with E-state index in [9.17, 15) is 4.79 Å². The van der Waals surface area contributed by atoms with Crippen molar-refractivity contribution in [3.05, 3.63) is 65.8 Å². The van der Waals surface area contributed by atoms with Gasteiger partial charge in [-0.1, -0.05) is 36.4 Å². The second-order valence-electron chi connectivity index (χ2n) is 4.54. The molecular weight excluding hydrogens is 268 g/mol. The number of rotatable bonds is 4. The molecule has 3 aromatic rings. The molecule has 2 heterocycles. The number of hydrogen-bond donors (Lipinski definition) is 0. The zero-order chi connectivity index (χ0) is 13.9. The molecule has 0 fully saturated rings. The molecule has 0 spiro atoms. The molecule has 0 aliphatic heterocycles. The molecule has 0 aliphatic rings. The van der Waals surface area contributed by atoms with Gasteiger partial charge in [0.05, 0.1) is 10.9 Å². The summed E-state index contributed by atoms with van der Waals surface area (Å²) >= 11 is 1.63. The van der Waals surface area contributed by atoms with Crippen LogP contribution in [0.5, 0.6) is 0 Å². The van der Waals surface area contributed by atoms with Crippen LogP contribution in [0.15, 0.2) is 60.2 Å². The lowest BCUT2D eigenvalue weighted by atomic mass is 10.1. The van der Waals surface area contributed by atoms with Crippen molar-refractivity contribution in [3.8, 4) is 10.7 Å². The van der Waals surface area contributed by atoms with E-state index in [1.54, 1.807) is 17.5 Å². The minimum atomic E-state index is -0.267. The second-order valence-corrected chi connectivity index (χ2v) is 5.49. The van der Waals surface area contributed by atoms with Crippen LogP contribution in [0.2, 0.25) is 0 Å². The number of Topliss-reactive ketones (excluding diaryl/α,β-unsaturated/α-hetero) is 1. The monoisotopic (exact) mass is 282 g/mol. The molecule has 4 heteroatoms. The highest BCUT2D eigenvalue weighted by molar-refractivity contribution is 7.13. The van der Waals surface area contributed by atoms with Gasteiger partial charge in [0.1, 0.15) is 0 Å². The highest BCUT2D eigenvalue weighted by atomic mass is 32.1. The molecule has 0 amide bonds. The summed E-state index contributed by atoms with van der Waals surface area (Å²) in [6.45, 7) is 1.91. The number of carbonyl (C=O) groups is 1. The van der Waals surface area contributed by atoms with Crippen molar-refractivity contribution in [2.45, 2.75) is 13.0 Å². The van der Waals surface area contributed by atoms with Crippen LogP contribution in [0.3, 0.4) is 0 Å². The number of benzene rings is 1. The fourth-order valence-corrected chi connectivity index (χ4v) is 2.92. The molecule has 1 aromatic carbocycles. The minimum Gasteiger partial charge on any atom is -0.320 e. The molecule has 100 valence electrons. The largest absolute Gasteiger partial charge is 0.320 e. The summed E-state index contributed by atoms with van der Waals surface area (Å²) in [6.07, 6.45) is 3.60. The van der Waals surface area contributed by atoms with Gasteiger partial charge in [-0.05, 0) is 18.4 Å². The first-order chi connectivity index (χ1) is 9.77. The van der Waals surface area contributed by atoms with E-state index >= 15 is 0 Å². The first-order valence-corrected chi connectivity index (χ1v) is 7.31. The highest BCUT2D eigenvalue weighted by Gasteiger charge is 2.20. The Labute approximate surface area is 121 Å². The maximum absolute atomic E-state index is 12.5. The summed E-state index contributed by atoms with van der Waals surface area (Å²) in [5.74, 6) is 0.943. The van der Waals surface area contributed by atoms with Crippen molar-refractivity contribution < 1.29 is 4.79 Å². The van der Waals surface area contributed by atoms with Gasteiger partial charge in [0.15, 0.2) is 11.6 Å².